The molecule has 0 amide bonds. The predicted octanol–water partition coefficient (Wildman–Crippen LogP) is 2.24. The largest absolute Gasteiger partial charge is 0.491 e. The Morgan fingerprint density at radius 3 is 2.88 bits per heavy atom. The van der Waals surface area contributed by atoms with Crippen molar-refractivity contribution < 1.29 is 9.84 Å². The van der Waals surface area contributed by atoms with Crippen LogP contribution in [0.25, 0.3) is 0 Å². The lowest BCUT2D eigenvalue weighted by Crippen LogP contribution is -2.06. The predicted molar refractivity (Wildman–Crippen MR) is 71.4 cm³/mol. The molecule has 0 aliphatic rings. The van der Waals surface area contributed by atoms with Crippen LogP contribution in [0.15, 0.2) is 18.2 Å². The second kappa shape index (κ2) is 7.79. The highest BCUT2D eigenvalue weighted by atomic mass is 16.5. The van der Waals surface area contributed by atoms with Gasteiger partial charge in [0, 0.05) is 13.2 Å². The standard InChI is InChI=1S/C13H22N2O2/c1-2-10-17-12-7-5-6-11(13(12)14)15-8-3-4-9-16/h5-7,15-16H,2-4,8-10,14H2,1H3. The molecule has 0 fully saturated rings. The van der Waals surface area contributed by atoms with E-state index in [0.29, 0.717) is 12.3 Å². The summed E-state index contributed by atoms with van der Waals surface area (Å²) in [6.07, 6.45) is 2.70. The lowest BCUT2D eigenvalue weighted by Gasteiger charge is -2.13. The quantitative estimate of drug-likeness (QED) is 0.480. The van der Waals surface area contributed by atoms with Crippen LogP contribution in [0.2, 0.25) is 0 Å². The summed E-state index contributed by atoms with van der Waals surface area (Å²) in [4.78, 5) is 0. The fourth-order valence-corrected chi connectivity index (χ4v) is 1.50. The molecule has 1 aromatic carbocycles. The summed E-state index contributed by atoms with van der Waals surface area (Å²) in [5, 5.41) is 11.9. The summed E-state index contributed by atoms with van der Waals surface area (Å²) in [7, 11) is 0. The highest BCUT2D eigenvalue weighted by molar-refractivity contribution is 5.72. The van der Waals surface area contributed by atoms with Crippen molar-refractivity contribution in [3.05, 3.63) is 18.2 Å². The number of para-hydroxylation sites is 1. The second-order valence-electron chi connectivity index (χ2n) is 3.92. The summed E-state index contributed by atoms with van der Waals surface area (Å²) in [6.45, 7) is 3.78. The molecule has 0 saturated carbocycles. The van der Waals surface area contributed by atoms with E-state index < -0.39 is 0 Å². The van der Waals surface area contributed by atoms with Crippen LogP contribution in [-0.4, -0.2) is 24.9 Å². The van der Waals surface area contributed by atoms with Crippen molar-refractivity contribution in [1.82, 2.24) is 0 Å². The van der Waals surface area contributed by atoms with E-state index in [0.717, 1.165) is 37.2 Å². The van der Waals surface area contributed by atoms with Crippen molar-refractivity contribution in [1.29, 1.82) is 0 Å². The zero-order valence-electron chi connectivity index (χ0n) is 10.4. The van der Waals surface area contributed by atoms with E-state index in [-0.39, 0.29) is 6.61 Å². The molecule has 4 N–H and O–H groups in total. The van der Waals surface area contributed by atoms with Gasteiger partial charge in [0.1, 0.15) is 5.75 Å². The van der Waals surface area contributed by atoms with Gasteiger partial charge in [-0.15, -0.1) is 0 Å². The first kappa shape index (κ1) is 13.6. The molecule has 0 radical (unpaired) electrons. The smallest absolute Gasteiger partial charge is 0.144 e. The van der Waals surface area contributed by atoms with Gasteiger partial charge in [0.2, 0.25) is 0 Å². The average Bonchev–Trinajstić information content (AvgIpc) is 2.35. The summed E-state index contributed by atoms with van der Waals surface area (Å²) in [5.41, 5.74) is 7.56. The maximum Gasteiger partial charge on any atom is 0.144 e. The van der Waals surface area contributed by atoms with Crippen LogP contribution in [0.1, 0.15) is 26.2 Å². The number of rotatable bonds is 8. The maximum absolute atomic E-state index is 8.69. The van der Waals surface area contributed by atoms with Crippen LogP contribution >= 0.6 is 0 Å². The van der Waals surface area contributed by atoms with Gasteiger partial charge in [-0.3, -0.25) is 0 Å². The topological polar surface area (TPSA) is 67.5 Å². The first-order chi connectivity index (χ1) is 8.29. The number of benzene rings is 1. The summed E-state index contributed by atoms with van der Waals surface area (Å²) < 4.78 is 5.55. The van der Waals surface area contributed by atoms with Crippen molar-refractivity contribution >= 4 is 11.4 Å². The molecular weight excluding hydrogens is 216 g/mol. The van der Waals surface area contributed by atoms with Crippen LogP contribution in [-0.2, 0) is 0 Å². The fraction of sp³-hybridized carbons (Fsp3) is 0.538. The molecule has 1 aromatic rings. The zero-order chi connectivity index (χ0) is 12.5. The Morgan fingerprint density at radius 2 is 2.18 bits per heavy atom. The minimum absolute atomic E-state index is 0.233. The van der Waals surface area contributed by atoms with E-state index in [9.17, 15) is 0 Å². The Labute approximate surface area is 103 Å². The highest BCUT2D eigenvalue weighted by Crippen LogP contribution is 2.29. The van der Waals surface area contributed by atoms with Gasteiger partial charge in [0.25, 0.3) is 0 Å². The number of nitrogens with one attached hydrogen (secondary N) is 1. The van der Waals surface area contributed by atoms with Crippen molar-refractivity contribution in [3.8, 4) is 5.75 Å². The minimum atomic E-state index is 0.233. The third-order valence-electron chi connectivity index (χ3n) is 2.43. The number of nitrogens with two attached hydrogens (primary N) is 1. The van der Waals surface area contributed by atoms with E-state index in [1.807, 2.05) is 18.2 Å². The van der Waals surface area contributed by atoms with Crippen LogP contribution in [0, 0.1) is 0 Å². The first-order valence-electron chi connectivity index (χ1n) is 6.15. The molecular formula is C13H22N2O2. The number of nitrogen functional groups attached to an aromatic ring is 1. The van der Waals surface area contributed by atoms with E-state index in [2.05, 4.69) is 12.2 Å². The normalized spacial score (nSPS) is 10.2. The molecule has 0 heterocycles. The van der Waals surface area contributed by atoms with Gasteiger partial charge in [-0.1, -0.05) is 13.0 Å². The van der Waals surface area contributed by atoms with Gasteiger partial charge in [-0.05, 0) is 31.4 Å². The Bertz CT molecular complexity index is 329. The third-order valence-corrected chi connectivity index (χ3v) is 2.43. The van der Waals surface area contributed by atoms with Crippen molar-refractivity contribution in [3.63, 3.8) is 0 Å². The van der Waals surface area contributed by atoms with Crippen molar-refractivity contribution in [2.45, 2.75) is 26.2 Å². The Balaban J connectivity index is 2.53. The lowest BCUT2D eigenvalue weighted by molar-refractivity contribution is 0.286. The number of ether oxygens (including phenoxy) is 1. The summed E-state index contributed by atoms with van der Waals surface area (Å²) in [6, 6.07) is 5.74. The number of unbranched alkanes of at least 4 members (excludes halogenated alkanes) is 1. The van der Waals surface area contributed by atoms with E-state index in [1.165, 1.54) is 0 Å². The fourth-order valence-electron chi connectivity index (χ4n) is 1.50. The van der Waals surface area contributed by atoms with Crippen molar-refractivity contribution in [2.75, 3.05) is 30.8 Å². The summed E-state index contributed by atoms with van der Waals surface area (Å²) in [5.74, 6) is 0.735. The van der Waals surface area contributed by atoms with Crippen LogP contribution in [0.4, 0.5) is 11.4 Å². The number of hydrogen-bond donors (Lipinski definition) is 3. The van der Waals surface area contributed by atoms with Crippen LogP contribution in [0.3, 0.4) is 0 Å². The molecule has 0 spiro atoms. The molecule has 1 rings (SSSR count). The second-order valence-corrected chi connectivity index (χ2v) is 3.92. The van der Waals surface area contributed by atoms with E-state index in [4.69, 9.17) is 15.6 Å². The molecule has 0 aliphatic heterocycles. The molecule has 0 atom stereocenters. The third kappa shape index (κ3) is 4.53. The maximum atomic E-state index is 8.69. The number of aliphatic hydroxyl groups is 1. The van der Waals surface area contributed by atoms with Gasteiger partial charge in [-0.25, -0.2) is 0 Å². The molecule has 96 valence electrons. The lowest BCUT2D eigenvalue weighted by atomic mass is 10.2. The molecule has 4 heteroatoms. The molecule has 0 saturated heterocycles. The highest BCUT2D eigenvalue weighted by Gasteiger charge is 2.04. The van der Waals surface area contributed by atoms with Crippen LogP contribution < -0.4 is 15.8 Å². The van der Waals surface area contributed by atoms with Gasteiger partial charge in [-0.2, -0.15) is 0 Å². The average molecular weight is 238 g/mol. The number of aliphatic hydroxyl groups excluding tert-OH is 1. The van der Waals surface area contributed by atoms with Gasteiger partial charge in [0.15, 0.2) is 0 Å². The molecule has 0 aliphatic carbocycles. The monoisotopic (exact) mass is 238 g/mol. The van der Waals surface area contributed by atoms with E-state index >= 15 is 0 Å². The molecule has 4 nitrogen and oxygen atoms in total. The molecule has 0 bridgehead atoms. The Morgan fingerprint density at radius 1 is 1.35 bits per heavy atom. The van der Waals surface area contributed by atoms with Crippen molar-refractivity contribution in [2.24, 2.45) is 0 Å². The molecule has 17 heavy (non-hydrogen) atoms. The SMILES string of the molecule is CCCOc1cccc(NCCCCO)c1N. The number of hydrogen-bond acceptors (Lipinski definition) is 4. The molecule has 0 unspecified atom stereocenters. The molecule has 0 aromatic heterocycles. The zero-order valence-corrected chi connectivity index (χ0v) is 10.4. The number of anilines is 2. The van der Waals surface area contributed by atoms with E-state index in [1.54, 1.807) is 0 Å². The first-order valence-corrected chi connectivity index (χ1v) is 6.15. The van der Waals surface area contributed by atoms with Crippen LogP contribution in [0.5, 0.6) is 5.75 Å². The Kier molecular flexibility index (Phi) is 6.25. The Hall–Kier alpha value is -1.42. The van der Waals surface area contributed by atoms with Gasteiger partial charge >= 0.3 is 0 Å². The minimum Gasteiger partial charge on any atom is -0.491 e. The summed E-state index contributed by atoms with van der Waals surface area (Å²) >= 11 is 0. The van der Waals surface area contributed by atoms with Gasteiger partial charge in [0.05, 0.1) is 18.0 Å². The van der Waals surface area contributed by atoms with Gasteiger partial charge < -0.3 is 20.9 Å².